The van der Waals surface area contributed by atoms with E-state index in [1.807, 2.05) is 0 Å². The van der Waals surface area contributed by atoms with E-state index in [0.29, 0.717) is 12.5 Å². The van der Waals surface area contributed by atoms with Crippen LogP contribution in [0.25, 0.3) is 0 Å². The molecule has 17 heavy (non-hydrogen) atoms. The molecule has 1 aliphatic heterocycles. The van der Waals surface area contributed by atoms with Crippen LogP contribution in [0.5, 0.6) is 0 Å². The summed E-state index contributed by atoms with van der Waals surface area (Å²) in [5.41, 5.74) is 0.858. The van der Waals surface area contributed by atoms with Crippen LogP contribution in [-0.4, -0.2) is 34.2 Å². The second kappa shape index (κ2) is 5.65. The molecule has 1 aromatic rings. The van der Waals surface area contributed by atoms with Crippen molar-refractivity contribution in [2.45, 2.75) is 51.7 Å². The number of aromatic nitrogens is 1. The number of aliphatic hydroxyl groups excluding tert-OH is 1. The molecule has 0 aromatic carbocycles. The third kappa shape index (κ3) is 3.07. The molecule has 1 fully saturated rings. The summed E-state index contributed by atoms with van der Waals surface area (Å²) in [6, 6.07) is 0.330. The van der Waals surface area contributed by atoms with E-state index >= 15 is 0 Å². The van der Waals surface area contributed by atoms with E-state index in [4.69, 9.17) is 4.42 Å². The second-order valence-electron chi connectivity index (χ2n) is 4.87. The van der Waals surface area contributed by atoms with Crippen LogP contribution in [-0.2, 0) is 6.42 Å². The molecule has 2 heterocycles. The number of hydrogen-bond acceptors (Lipinski definition) is 4. The number of nitrogens with zero attached hydrogens (tertiary/aromatic N) is 2. The molecular weight excluding hydrogens is 216 g/mol. The van der Waals surface area contributed by atoms with Crippen LogP contribution in [0.2, 0.25) is 0 Å². The minimum absolute atomic E-state index is 0.330. The van der Waals surface area contributed by atoms with E-state index in [-0.39, 0.29) is 6.10 Å². The molecular formula is C13H22N2O2. The van der Waals surface area contributed by atoms with E-state index in [1.165, 1.54) is 12.8 Å². The zero-order valence-electron chi connectivity index (χ0n) is 10.7. The van der Waals surface area contributed by atoms with Gasteiger partial charge in [0.1, 0.15) is 6.26 Å². The number of oxazole rings is 1. The lowest BCUT2D eigenvalue weighted by molar-refractivity contribution is 0.132. The number of hydrogen-bond donors (Lipinski definition) is 1. The molecule has 4 heteroatoms. The van der Waals surface area contributed by atoms with Crippen molar-refractivity contribution in [3.05, 3.63) is 17.8 Å². The lowest BCUT2D eigenvalue weighted by Crippen LogP contribution is -2.33. The molecule has 1 N–H and O–H groups in total. The van der Waals surface area contributed by atoms with Gasteiger partial charge in [0.15, 0.2) is 0 Å². The first-order valence-corrected chi connectivity index (χ1v) is 6.57. The van der Waals surface area contributed by atoms with Crippen molar-refractivity contribution in [2.75, 3.05) is 13.1 Å². The molecule has 0 amide bonds. The van der Waals surface area contributed by atoms with Crippen LogP contribution in [0.4, 0.5) is 0 Å². The Hall–Kier alpha value is -0.870. The maximum Gasteiger partial charge on any atom is 0.211 e. The predicted molar refractivity (Wildman–Crippen MR) is 65.7 cm³/mol. The van der Waals surface area contributed by atoms with Crippen molar-refractivity contribution in [2.24, 2.45) is 0 Å². The Bertz CT molecular complexity index is 349. The second-order valence-corrected chi connectivity index (χ2v) is 4.87. The van der Waals surface area contributed by atoms with Crippen molar-refractivity contribution < 1.29 is 9.52 Å². The molecule has 1 aliphatic rings. The number of rotatable bonds is 4. The molecule has 0 aliphatic carbocycles. The third-order valence-corrected chi connectivity index (χ3v) is 3.38. The van der Waals surface area contributed by atoms with E-state index in [0.717, 1.165) is 31.1 Å². The SMILES string of the molecule is CCN1CCCCC1c1nc(CC(C)O)co1. The third-order valence-electron chi connectivity index (χ3n) is 3.38. The highest BCUT2D eigenvalue weighted by Gasteiger charge is 2.26. The van der Waals surface area contributed by atoms with Crippen molar-refractivity contribution in [3.63, 3.8) is 0 Å². The van der Waals surface area contributed by atoms with Gasteiger partial charge in [-0.3, -0.25) is 4.90 Å². The summed E-state index contributed by atoms with van der Waals surface area (Å²) in [5, 5.41) is 9.33. The molecule has 2 unspecified atom stereocenters. The Morgan fingerprint density at radius 1 is 1.59 bits per heavy atom. The minimum atomic E-state index is -0.360. The minimum Gasteiger partial charge on any atom is -0.447 e. The first-order valence-electron chi connectivity index (χ1n) is 6.57. The Morgan fingerprint density at radius 3 is 3.12 bits per heavy atom. The normalized spacial score (nSPS) is 23.8. The molecule has 4 nitrogen and oxygen atoms in total. The standard InChI is InChI=1S/C13H22N2O2/c1-3-15-7-5-4-6-12(15)13-14-11(9-17-13)8-10(2)16/h9-10,12,16H,3-8H2,1-2H3. The van der Waals surface area contributed by atoms with Gasteiger partial charge in [-0.05, 0) is 32.9 Å². The number of aliphatic hydroxyl groups is 1. The highest BCUT2D eigenvalue weighted by molar-refractivity contribution is 5.02. The molecule has 0 spiro atoms. The van der Waals surface area contributed by atoms with Gasteiger partial charge in [-0.1, -0.05) is 13.3 Å². The van der Waals surface area contributed by atoms with E-state index in [9.17, 15) is 5.11 Å². The summed E-state index contributed by atoms with van der Waals surface area (Å²) in [6.45, 7) is 6.12. The van der Waals surface area contributed by atoms with Gasteiger partial charge in [0.2, 0.25) is 5.89 Å². The van der Waals surface area contributed by atoms with Crippen LogP contribution in [0.3, 0.4) is 0 Å². The summed E-state index contributed by atoms with van der Waals surface area (Å²) in [7, 11) is 0. The Labute approximate surface area is 103 Å². The molecule has 0 bridgehead atoms. The molecule has 1 saturated heterocycles. The van der Waals surface area contributed by atoms with Crippen LogP contribution in [0.15, 0.2) is 10.7 Å². The fourth-order valence-corrected chi connectivity index (χ4v) is 2.52. The molecule has 2 rings (SSSR count). The molecule has 0 radical (unpaired) electrons. The van der Waals surface area contributed by atoms with Gasteiger partial charge < -0.3 is 9.52 Å². The summed E-state index contributed by atoms with van der Waals surface area (Å²) in [4.78, 5) is 6.92. The highest BCUT2D eigenvalue weighted by atomic mass is 16.3. The van der Waals surface area contributed by atoms with Gasteiger partial charge in [0, 0.05) is 6.42 Å². The lowest BCUT2D eigenvalue weighted by Gasteiger charge is -2.32. The first kappa shape index (κ1) is 12.6. The van der Waals surface area contributed by atoms with E-state index < -0.39 is 0 Å². The zero-order valence-corrected chi connectivity index (χ0v) is 10.7. The average molecular weight is 238 g/mol. The van der Waals surface area contributed by atoms with E-state index in [1.54, 1.807) is 13.2 Å². The van der Waals surface area contributed by atoms with Gasteiger partial charge in [-0.2, -0.15) is 0 Å². The molecule has 0 saturated carbocycles. The smallest absolute Gasteiger partial charge is 0.211 e. The van der Waals surface area contributed by atoms with Crippen LogP contribution < -0.4 is 0 Å². The van der Waals surface area contributed by atoms with Crippen molar-refractivity contribution in [1.82, 2.24) is 9.88 Å². The van der Waals surface area contributed by atoms with Gasteiger partial charge in [-0.25, -0.2) is 4.98 Å². The van der Waals surface area contributed by atoms with Crippen molar-refractivity contribution in [1.29, 1.82) is 0 Å². The predicted octanol–water partition coefficient (Wildman–Crippen LogP) is 2.14. The largest absolute Gasteiger partial charge is 0.447 e. The molecule has 1 aromatic heterocycles. The Morgan fingerprint density at radius 2 is 2.41 bits per heavy atom. The maximum atomic E-state index is 9.33. The molecule has 2 atom stereocenters. The van der Waals surface area contributed by atoms with Gasteiger partial charge in [-0.15, -0.1) is 0 Å². The number of likely N-dealkylation sites (tertiary alicyclic amines) is 1. The van der Waals surface area contributed by atoms with E-state index in [2.05, 4.69) is 16.8 Å². The fraction of sp³-hybridized carbons (Fsp3) is 0.769. The number of piperidine rings is 1. The zero-order chi connectivity index (χ0) is 12.3. The van der Waals surface area contributed by atoms with Crippen LogP contribution in [0.1, 0.15) is 50.7 Å². The fourth-order valence-electron chi connectivity index (χ4n) is 2.52. The topological polar surface area (TPSA) is 49.5 Å². The summed E-state index contributed by atoms with van der Waals surface area (Å²) >= 11 is 0. The summed E-state index contributed by atoms with van der Waals surface area (Å²) in [6.07, 6.45) is 5.54. The summed E-state index contributed by atoms with van der Waals surface area (Å²) in [5.74, 6) is 0.821. The van der Waals surface area contributed by atoms with Crippen LogP contribution >= 0.6 is 0 Å². The first-order chi connectivity index (χ1) is 8.20. The molecule has 96 valence electrons. The lowest BCUT2D eigenvalue weighted by atomic mass is 10.0. The van der Waals surface area contributed by atoms with Gasteiger partial charge in [0.05, 0.1) is 17.8 Å². The highest BCUT2D eigenvalue weighted by Crippen LogP contribution is 2.30. The quantitative estimate of drug-likeness (QED) is 0.873. The maximum absolute atomic E-state index is 9.33. The Kier molecular flexibility index (Phi) is 4.18. The Balaban J connectivity index is 2.07. The average Bonchev–Trinajstić information content (AvgIpc) is 2.76. The van der Waals surface area contributed by atoms with Crippen molar-refractivity contribution >= 4 is 0 Å². The van der Waals surface area contributed by atoms with Gasteiger partial charge in [0.25, 0.3) is 0 Å². The van der Waals surface area contributed by atoms with Gasteiger partial charge >= 0.3 is 0 Å². The van der Waals surface area contributed by atoms with Crippen molar-refractivity contribution in [3.8, 4) is 0 Å². The van der Waals surface area contributed by atoms with Crippen LogP contribution in [0, 0.1) is 0 Å². The summed E-state index contributed by atoms with van der Waals surface area (Å²) < 4.78 is 5.57. The monoisotopic (exact) mass is 238 g/mol.